The predicted molar refractivity (Wildman–Crippen MR) is 91.2 cm³/mol. The van der Waals surface area contributed by atoms with Crippen molar-refractivity contribution in [2.45, 2.75) is 52.4 Å². The molecule has 0 heterocycles. The van der Waals surface area contributed by atoms with Gasteiger partial charge in [0.1, 0.15) is 5.75 Å². The smallest absolute Gasteiger partial charge is 0.260 e. The third-order valence-corrected chi connectivity index (χ3v) is 4.23. The van der Waals surface area contributed by atoms with Crippen LogP contribution < -0.4 is 10.1 Å². The molecule has 1 amide bonds. The summed E-state index contributed by atoms with van der Waals surface area (Å²) in [5, 5.41) is 2.92. The van der Waals surface area contributed by atoms with Gasteiger partial charge >= 0.3 is 0 Å². The fourth-order valence-corrected chi connectivity index (χ4v) is 2.57. The van der Waals surface area contributed by atoms with E-state index in [1.165, 1.54) is 0 Å². The number of carbonyl (C=O) groups is 1. The van der Waals surface area contributed by atoms with Crippen molar-refractivity contribution >= 4 is 17.7 Å². The van der Waals surface area contributed by atoms with E-state index in [4.69, 9.17) is 4.74 Å². The first-order valence-electron chi connectivity index (χ1n) is 7.34. The van der Waals surface area contributed by atoms with E-state index in [-0.39, 0.29) is 10.7 Å². The Kier molecular flexibility index (Phi) is 6.59. The van der Waals surface area contributed by atoms with Gasteiger partial charge in [0.25, 0.3) is 5.91 Å². The van der Waals surface area contributed by atoms with Gasteiger partial charge in [-0.2, -0.15) is 11.8 Å². The molecule has 0 aromatic heterocycles. The van der Waals surface area contributed by atoms with Crippen LogP contribution in [0.1, 0.15) is 38.8 Å². The fourth-order valence-electron chi connectivity index (χ4n) is 1.75. The zero-order valence-electron chi connectivity index (χ0n) is 13.9. The van der Waals surface area contributed by atoms with Crippen LogP contribution >= 0.6 is 11.8 Å². The van der Waals surface area contributed by atoms with E-state index >= 15 is 0 Å². The van der Waals surface area contributed by atoms with Crippen LogP contribution in [0, 0.1) is 13.8 Å². The van der Waals surface area contributed by atoms with Gasteiger partial charge in [-0.25, -0.2) is 0 Å². The van der Waals surface area contributed by atoms with Crippen LogP contribution in [0.3, 0.4) is 0 Å². The van der Waals surface area contributed by atoms with Crippen molar-refractivity contribution in [3.8, 4) is 5.75 Å². The third-order valence-electron chi connectivity index (χ3n) is 2.95. The molecule has 0 aliphatic rings. The van der Waals surface area contributed by atoms with Crippen LogP contribution in [-0.2, 0) is 4.79 Å². The number of ether oxygens (including phenoxy) is 1. The van der Waals surface area contributed by atoms with E-state index in [0.29, 0.717) is 6.54 Å². The molecule has 1 atom stereocenters. The number of aryl methyl sites for hydroxylation is 2. The molecule has 1 rings (SSSR count). The molecule has 118 valence electrons. The number of thioether (sulfide) groups is 1. The average Bonchev–Trinajstić information content (AvgIpc) is 2.37. The van der Waals surface area contributed by atoms with E-state index in [1.807, 2.05) is 43.8 Å². The largest absolute Gasteiger partial charge is 0.481 e. The Hall–Kier alpha value is -1.16. The minimum atomic E-state index is -0.481. The number of benzene rings is 1. The number of amides is 1. The molecule has 0 saturated carbocycles. The Labute approximate surface area is 132 Å². The zero-order valence-corrected chi connectivity index (χ0v) is 14.8. The van der Waals surface area contributed by atoms with E-state index < -0.39 is 6.10 Å². The molecular weight excluding hydrogens is 282 g/mol. The van der Waals surface area contributed by atoms with Gasteiger partial charge in [0.2, 0.25) is 0 Å². The van der Waals surface area contributed by atoms with E-state index in [2.05, 4.69) is 26.1 Å². The summed E-state index contributed by atoms with van der Waals surface area (Å²) in [5.41, 5.74) is 2.17. The number of hydrogen-bond acceptors (Lipinski definition) is 3. The number of nitrogens with one attached hydrogen (secondary N) is 1. The molecule has 3 nitrogen and oxygen atoms in total. The minimum absolute atomic E-state index is 0.0644. The van der Waals surface area contributed by atoms with Gasteiger partial charge in [0.05, 0.1) is 0 Å². The van der Waals surface area contributed by atoms with Gasteiger partial charge in [-0.05, 0) is 38.0 Å². The molecule has 21 heavy (non-hydrogen) atoms. The maximum absolute atomic E-state index is 12.0. The van der Waals surface area contributed by atoms with E-state index in [0.717, 1.165) is 22.6 Å². The van der Waals surface area contributed by atoms with Gasteiger partial charge in [-0.15, -0.1) is 0 Å². The predicted octanol–water partition coefficient (Wildman–Crippen LogP) is 3.72. The Balaban J connectivity index is 2.42. The quantitative estimate of drug-likeness (QED) is 0.814. The Bertz CT molecular complexity index is 480. The lowest BCUT2D eigenvalue weighted by atomic mass is 10.1. The molecule has 0 saturated heterocycles. The second-order valence-electron chi connectivity index (χ2n) is 6.28. The van der Waals surface area contributed by atoms with Gasteiger partial charge in [-0.1, -0.05) is 32.9 Å². The van der Waals surface area contributed by atoms with Crippen molar-refractivity contribution in [2.24, 2.45) is 0 Å². The molecule has 1 unspecified atom stereocenters. The van der Waals surface area contributed by atoms with Crippen LogP contribution in [-0.4, -0.2) is 29.1 Å². The van der Waals surface area contributed by atoms with Gasteiger partial charge in [-0.3, -0.25) is 4.79 Å². The number of hydrogen-bond donors (Lipinski definition) is 1. The summed E-state index contributed by atoms with van der Waals surface area (Å²) < 4.78 is 5.99. The lowest BCUT2D eigenvalue weighted by Crippen LogP contribution is -2.37. The molecule has 0 aliphatic heterocycles. The second kappa shape index (κ2) is 7.74. The summed E-state index contributed by atoms with van der Waals surface area (Å²) in [7, 11) is 0. The molecule has 1 aromatic carbocycles. The van der Waals surface area contributed by atoms with Crippen LogP contribution in [0.4, 0.5) is 0 Å². The van der Waals surface area contributed by atoms with Crippen LogP contribution in [0.25, 0.3) is 0 Å². The normalized spacial score (nSPS) is 12.9. The first kappa shape index (κ1) is 17.9. The first-order valence-corrected chi connectivity index (χ1v) is 8.33. The lowest BCUT2D eigenvalue weighted by molar-refractivity contribution is -0.127. The monoisotopic (exact) mass is 309 g/mol. The second-order valence-corrected chi connectivity index (χ2v) is 8.20. The summed E-state index contributed by atoms with van der Waals surface area (Å²) in [4.78, 5) is 12.0. The molecule has 0 fully saturated rings. The van der Waals surface area contributed by atoms with Crippen molar-refractivity contribution < 1.29 is 9.53 Å². The van der Waals surface area contributed by atoms with Gasteiger partial charge in [0, 0.05) is 17.0 Å². The standard InChI is InChI=1S/C17H27NO2S/c1-12-7-8-13(2)15(11-12)20-14(3)16(19)18-9-10-21-17(4,5)6/h7-8,11,14H,9-10H2,1-6H3,(H,18,19). The summed E-state index contributed by atoms with van der Waals surface area (Å²) in [6, 6.07) is 6.01. The molecule has 1 aromatic rings. The maximum atomic E-state index is 12.0. The lowest BCUT2D eigenvalue weighted by Gasteiger charge is -2.19. The van der Waals surface area contributed by atoms with Gasteiger partial charge in [0.15, 0.2) is 6.10 Å². The summed E-state index contributed by atoms with van der Waals surface area (Å²) in [6.07, 6.45) is -0.481. The van der Waals surface area contributed by atoms with Gasteiger partial charge < -0.3 is 10.1 Å². The van der Waals surface area contributed by atoms with Crippen molar-refractivity contribution in [2.75, 3.05) is 12.3 Å². The first-order chi connectivity index (χ1) is 9.69. The molecule has 0 radical (unpaired) electrons. The van der Waals surface area contributed by atoms with Crippen molar-refractivity contribution in [3.63, 3.8) is 0 Å². The maximum Gasteiger partial charge on any atom is 0.260 e. The Morgan fingerprint density at radius 2 is 2.00 bits per heavy atom. The SMILES string of the molecule is Cc1ccc(C)c(OC(C)C(=O)NCCSC(C)(C)C)c1. The van der Waals surface area contributed by atoms with E-state index in [1.54, 1.807) is 6.92 Å². The number of carbonyl (C=O) groups excluding carboxylic acids is 1. The average molecular weight is 309 g/mol. The summed E-state index contributed by atoms with van der Waals surface area (Å²) in [5.74, 6) is 1.62. The summed E-state index contributed by atoms with van der Waals surface area (Å²) >= 11 is 1.84. The van der Waals surface area contributed by atoms with Crippen LogP contribution in [0.5, 0.6) is 5.75 Å². The van der Waals surface area contributed by atoms with E-state index in [9.17, 15) is 4.79 Å². The topological polar surface area (TPSA) is 38.3 Å². The third kappa shape index (κ3) is 6.89. The highest BCUT2D eigenvalue weighted by Gasteiger charge is 2.16. The van der Waals surface area contributed by atoms with Crippen molar-refractivity contribution in [1.82, 2.24) is 5.32 Å². The van der Waals surface area contributed by atoms with Crippen LogP contribution in [0.2, 0.25) is 0 Å². The highest BCUT2D eigenvalue weighted by atomic mass is 32.2. The molecule has 1 N–H and O–H groups in total. The highest BCUT2D eigenvalue weighted by Crippen LogP contribution is 2.22. The zero-order chi connectivity index (χ0) is 16.0. The summed E-state index contributed by atoms with van der Waals surface area (Å²) in [6.45, 7) is 13.0. The fraction of sp³-hybridized carbons (Fsp3) is 0.588. The van der Waals surface area contributed by atoms with Crippen molar-refractivity contribution in [1.29, 1.82) is 0 Å². The molecular formula is C17H27NO2S. The molecule has 0 spiro atoms. The number of rotatable bonds is 6. The highest BCUT2D eigenvalue weighted by molar-refractivity contribution is 8.00. The molecule has 4 heteroatoms. The Morgan fingerprint density at radius 3 is 2.62 bits per heavy atom. The molecule has 0 aliphatic carbocycles. The van der Waals surface area contributed by atoms with Crippen LogP contribution in [0.15, 0.2) is 18.2 Å². The Morgan fingerprint density at radius 1 is 1.33 bits per heavy atom. The minimum Gasteiger partial charge on any atom is -0.481 e. The molecule has 0 bridgehead atoms. The van der Waals surface area contributed by atoms with Crippen molar-refractivity contribution in [3.05, 3.63) is 29.3 Å².